The first-order valence-electron chi connectivity index (χ1n) is 13.6. The van der Waals surface area contributed by atoms with Crippen molar-refractivity contribution in [2.45, 2.75) is 56.2 Å². The summed E-state index contributed by atoms with van der Waals surface area (Å²) in [6, 6.07) is 7.46. The van der Waals surface area contributed by atoms with E-state index in [0.717, 1.165) is 40.2 Å². The molecule has 1 saturated carbocycles. The highest BCUT2D eigenvalue weighted by Crippen LogP contribution is 2.44. The molecule has 2 amide bonds. The van der Waals surface area contributed by atoms with Crippen LogP contribution in [-0.2, 0) is 41.8 Å². The summed E-state index contributed by atoms with van der Waals surface area (Å²) in [6.45, 7) is 1.38. The third-order valence-corrected chi connectivity index (χ3v) is 11.3. The van der Waals surface area contributed by atoms with E-state index in [2.05, 4.69) is 9.51 Å². The molecule has 3 heterocycles. The van der Waals surface area contributed by atoms with Gasteiger partial charge in [-0.15, -0.1) is 11.3 Å². The fourth-order valence-corrected chi connectivity index (χ4v) is 7.06. The molecule has 0 radical (unpaired) electrons. The molecule has 3 N–H and O–H groups in total. The summed E-state index contributed by atoms with van der Waals surface area (Å²) in [7, 11) is -8.87. The number of phosphoric ester groups is 1. The number of carbonyl (C=O) groups excluding carboxylic acids is 3. The zero-order chi connectivity index (χ0) is 31.9. The van der Waals surface area contributed by atoms with Crippen LogP contribution in [0.15, 0.2) is 42.7 Å². The van der Waals surface area contributed by atoms with Gasteiger partial charge in [0.05, 0.1) is 22.9 Å². The van der Waals surface area contributed by atoms with Crippen LogP contribution in [0, 0.1) is 0 Å². The zero-order valence-corrected chi connectivity index (χ0v) is 26.4. The molecular weight excluding hydrogens is 635 g/mol. The number of hydrogen-bond donors (Lipinski definition) is 3. The lowest BCUT2D eigenvalue weighted by Gasteiger charge is -2.28. The number of carbonyl (C=O) groups is 3. The Morgan fingerprint density at radius 1 is 1.25 bits per heavy atom. The van der Waals surface area contributed by atoms with E-state index in [1.54, 1.807) is 23.6 Å². The number of fused-ring (bicyclic) bond motifs is 1. The maximum atomic E-state index is 13.1. The monoisotopic (exact) mass is 666 g/mol. The van der Waals surface area contributed by atoms with Crippen molar-refractivity contribution in [3.63, 3.8) is 0 Å². The molecule has 2 aliphatic rings. The summed E-state index contributed by atoms with van der Waals surface area (Å²) < 4.78 is 40.7. The van der Waals surface area contributed by atoms with Gasteiger partial charge < -0.3 is 14.3 Å². The second kappa shape index (κ2) is 12.1. The first-order valence-corrected chi connectivity index (χ1v) is 17.9. The lowest BCUT2D eigenvalue weighted by atomic mass is 10.1. The van der Waals surface area contributed by atoms with Gasteiger partial charge in [-0.2, -0.15) is 5.48 Å². The van der Waals surface area contributed by atoms with Gasteiger partial charge in [0, 0.05) is 42.4 Å². The second-order valence-electron chi connectivity index (χ2n) is 11.0. The van der Waals surface area contributed by atoms with Crippen molar-refractivity contribution in [2.75, 3.05) is 12.8 Å². The Labute approximate surface area is 257 Å². The minimum absolute atomic E-state index is 0.0432. The Morgan fingerprint density at radius 3 is 2.64 bits per heavy atom. The molecule has 5 rings (SSSR count). The molecule has 1 fully saturated rings. The van der Waals surface area contributed by atoms with Gasteiger partial charge in [-0.3, -0.25) is 19.1 Å². The minimum Gasteiger partial charge on any atom is -0.404 e. The average molecular weight is 667 g/mol. The number of sulfone groups is 1. The van der Waals surface area contributed by atoms with Crippen LogP contribution in [-0.4, -0.2) is 68.1 Å². The number of phosphoric acid groups is 1. The number of aryl methyl sites for hydroxylation is 1. The fourth-order valence-electron chi connectivity index (χ4n) is 4.72. The minimum atomic E-state index is -4.83. The van der Waals surface area contributed by atoms with Gasteiger partial charge in [0.15, 0.2) is 14.6 Å². The van der Waals surface area contributed by atoms with Gasteiger partial charge in [0.2, 0.25) is 0 Å². The molecule has 1 aliphatic heterocycles. The molecule has 0 saturated heterocycles. The summed E-state index contributed by atoms with van der Waals surface area (Å²) in [4.78, 5) is 68.3. The van der Waals surface area contributed by atoms with E-state index in [-0.39, 0.29) is 44.1 Å². The predicted molar refractivity (Wildman–Crippen MR) is 158 cm³/mol. The maximum Gasteiger partial charge on any atom is 0.524 e. The van der Waals surface area contributed by atoms with E-state index in [1.807, 2.05) is 17.7 Å². The highest BCUT2D eigenvalue weighted by molar-refractivity contribution is 7.92. The predicted octanol–water partition coefficient (Wildman–Crippen LogP) is 3.14. The van der Waals surface area contributed by atoms with Crippen LogP contribution in [0.1, 0.15) is 54.8 Å². The molecule has 1 aliphatic carbocycles. The summed E-state index contributed by atoms with van der Waals surface area (Å²) in [6.07, 6.45) is 6.11. The maximum absolute atomic E-state index is 13.1. The molecule has 14 nitrogen and oxygen atoms in total. The van der Waals surface area contributed by atoms with Gasteiger partial charge in [-0.25, -0.2) is 27.6 Å². The second-order valence-corrected chi connectivity index (χ2v) is 15.7. The van der Waals surface area contributed by atoms with E-state index in [9.17, 15) is 27.4 Å². The van der Waals surface area contributed by atoms with Crippen molar-refractivity contribution < 1.29 is 46.5 Å². The van der Waals surface area contributed by atoms with Crippen LogP contribution in [0.3, 0.4) is 0 Å². The number of hydroxylamine groups is 1. The summed E-state index contributed by atoms with van der Waals surface area (Å²) in [5.74, 6) is -1.59. The highest BCUT2D eigenvalue weighted by Gasteiger charge is 2.45. The van der Waals surface area contributed by atoms with E-state index >= 15 is 0 Å². The molecule has 1 atom stereocenters. The lowest BCUT2D eigenvalue weighted by Crippen LogP contribution is -2.52. The van der Waals surface area contributed by atoms with E-state index in [1.165, 1.54) is 34.6 Å². The number of thiazole rings is 1. The van der Waals surface area contributed by atoms with Crippen molar-refractivity contribution in [3.05, 3.63) is 59.0 Å². The van der Waals surface area contributed by atoms with Gasteiger partial charge in [0.1, 0.15) is 5.75 Å². The number of nitrogens with one attached hydrogen (secondary N) is 1. The SMILES string of the molecule is C[C@@](CCN1Cc2cc(-c3cnc(C4CC4)s3)cn2C1=O)(C(=O)NOC(=O)CCc1ccccc1OP(=O)(O)O)S(C)(=O)=O. The van der Waals surface area contributed by atoms with E-state index in [0.29, 0.717) is 11.5 Å². The number of amides is 2. The Hall–Kier alpha value is -3.56. The standard InChI is InChI=1S/C27H31N4O10PS2/c1-27(44(2,38)39,25(33)29-40-23(32)10-9-17-5-3-4-6-21(17)41-42(35,36)37)11-12-30-16-20-13-19(15-31(20)26(30)34)22-14-28-24(43-22)18-7-8-18/h3-6,13-15,18H,7-12,16H2,1-2H3,(H,29,33)(H2,35,36,37)/t27-/m1/s1. The highest BCUT2D eigenvalue weighted by atomic mass is 32.2. The van der Waals surface area contributed by atoms with Crippen LogP contribution in [0.5, 0.6) is 5.75 Å². The Bertz CT molecular complexity index is 1760. The molecule has 3 aromatic rings. The van der Waals surface area contributed by atoms with Gasteiger partial charge in [-0.1, -0.05) is 18.2 Å². The molecule has 0 spiro atoms. The number of nitrogens with zero attached hydrogens (tertiary/aromatic N) is 3. The molecule has 44 heavy (non-hydrogen) atoms. The number of aromatic nitrogens is 2. The van der Waals surface area contributed by atoms with E-state index in [4.69, 9.17) is 14.6 Å². The smallest absolute Gasteiger partial charge is 0.404 e. The van der Waals surface area contributed by atoms with Crippen LogP contribution in [0.4, 0.5) is 4.79 Å². The Balaban J connectivity index is 1.16. The Kier molecular flexibility index (Phi) is 8.75. The summed E-state index contributed by atoms with van der Waals surface area (Å²) in [5, 5.41) is 1.10. The van der Waals surface area contributed by atoms with Crippen molar-refractivity contribution in [1.82, 2.24) is 19.9 Å². The van der Waals surface area contributed by atoms with Crippen molar-refractivity contribution in [1.29, 1.82) is 0 Å². The normalized spacial score (nSPS) is 16.4. The third kappa shape index (κ3) is 7.05. The van der Waals surface area contributed by atoms with Crippen LogP contribution in [0.25, 0.3) is 10.4 Å². The van der Waals surface area contributed by atoms with Gasteiger partial charge >= 0.3 is 19.8 Å². The first-order chi connectivity index (χ1) is 20.6. The molecule has 17 heteroatoms. The van der Waals surface area contributed by atoms with Gasteiger partial charge in [0.25, 0.3) is 5.91 Å². The number of benzene rings is 1. The topological polar surface area (TPSA) is 194 Å². The van der Waals surface area contributed by atoms with Crippen molar-refractivity contribution in [3.8, 4) is 16.2 Å². The Morgan fingerprint density at radius 2 is 1.98 bits per heavy atom. The zero-order valence-electron chi connectivity index (χ0n) is 23.8. The quantitative estimate of drug-likeness (QED) is 0.190. The fraction of sp³-hybridized carbons (Fsp3) is 0.407. The summed E-state index contributed by atoms with van der Waals surface area (Å²) >= 11 is 1.62. The first kappa shape index (κ1) is 31.9. The van der Waals surface area contributed by atoms with Crippen LogP contribution < -0.4 is 10.0 Å². The summed E-state index contributed by atoms with van der Waals surface area (Å²) in [5.41, 5.74) is 3.85. The molecule has 2 aromatic heterocycles. The molecule has 1 aromatic carbocycles. The van der Waals surface area contributed by atoms with Crippen molar-refractivity contribution >= 4 is 46.9 Å². The molecule has 236 valence electrons. The molecular formula is C27H31N4O10PS2. The van der Waals surface area contributed by atoms with E-state index < -0.39 is 34.3 Å². The largest absolute Gasteiger partial charge is 0.524 e. The number of para-hydroxylation sites is 1. The lowest BCUT2D eigenvalue weighted by molar-refractivity contribution is -0.159. The number of hydrogen-bond acceptors (Lipinski definition) is 10. The van der Waals surface area contributed by atoms with Crippen LogP contribution in [0.2, 0.25) is 0 Å². The molecule has 0 bridgehead atoms. The van der Waals surface area contributed by atoms with Crippen LogP contribution >= 0.6 is 19.2 Å². The van der Waals surface area contributed by atoms with Crippen molar-refractivity contribution in [2.24, 2.45) is 0 Å². The number of rotatable bonds is 12. The molecule has 0 unspecified atom stereocenters. The average Bonchev–Trinajstić information content (AvgIpc) is 3.40. The third-order valence-electron chi connectivity index (χ3n) is 7.67. The van der Waals surface area contributed by atoms with Gasteiger partial charge in [-0.05, 0) is 50.3 Å².